The summed E-state index contributed by atoms with van der Waals surface area (Å²) in [6, 6.07) is 2.01. The number of aliphatic hydroxyl groups is 2. The quantitative estimate of drug-likeness (QED) is 0.616. The lowest BCUT2D eigenvalue weighted by Crippen LogP contribution is -2.31. The zero-order chi connectivity index (χ0) is 15.7. The van der Waals surface area contributed by atoms with Crippen LogP contribution in [0.25, 0.3) is 11.0 Å². The third-order valence-corrected chi connectivity index (χ3v) is 4.38. The molecule has 1 aliphatic heterocycles. The summed E-state index contributed by atoms with van der Waals surface area (Å²) in [6.45, 7) is 0. The van der Waals surface area contributed by atoms with Crippen LogP contribution in [0.1, 0.15) is 19.1 Å². The molecule has 0 bridgehead atoms. The normalized spacial score (nSPS) is 28.1. The van der Waals surface area contributed by atoms with Gasteiger partial charge in [0.1, 0.15) is 23.6 Å². The van der Waals surface area contributed by atoms with Gasteiger partial charge < -0.3 is 14.9 Å². The van der Waals surface area contributed by atoms with E-state index in [0.717, 1.165) is 10.4 Å². The fourth-order valence-corrected chi connectivity index (χ4v) is 3.08. The van der Waals surface area contributed by atoms with E-state index in [-0.39, 0.29) is 6.42 Å². The number of nitriles is 1. The van der Waals surface area contributed by atoms with Crippen LogP contribution in [0.3, 0.4) is 0 Å². The molecule has 2 N–H and O–H groups in total. The van der Waals surface area contributed by atoms with Gasteiger partial charge in [-0.2, -0.15) is 10.4 Å². The highest BCUT2D eigenvalue weighted by molar-refractivity contribution is 7.98. The molecule has 1 saturated heterocycles. The predicted molar refractivity (Wildman–Crippen MR) is 77.9 cm³/mol. The number of rotatable bonds is 4. The molecule has 3 heterocycles. The van der Waals surface area contributed by atoms with Crippen LogP contribution < -0.4 is 0 Å². The number of ether oxygens (including phenoxy) is 1. The van der Waals surface area contributed by atoms with Crippen molar-refractivity contribution in [1.29, 1.82) is 5.26 Å². The zero-order valence-electron chi connectivity index (χ0n) is 11.8. The number of aliphatic hydroxyl groups excluding tert-OH is 2. The van der Waals surface area contributed by atoms with Gasteiger partial charge in [0.2, 0.25) is 0 Å². The van der Waals surface area contributed by atoms with Gasteiger partial charge in [0.25, 0.3) is 0 Å². The maximum absolute atomic E-state index is 10.2. The first-order valence-electron chi connectivity index (χ1n) is 6.78. The van der Waals surface area contributed by atoms with Gasteiger partial charge in [-0.1, -0.05) is 0 Å². The fourth-order valence-electron chi connectivity index (χ4n) is 2.57. The van der Waals surface area contributed by atoms with Crippen LogP contribution in [0.4, 0.5) is 0 Å². The van der Waals surface area contributed by atoms with E-state index in [0.29, 0.717) is 12.1 Å². The second kappa shape index (κ2) is 6.18. The van der Waals surface area contributed by atoms with Crippen molar-refractivity contribution in [2.24, 2.45) is 0 Å². The average molecular weight is 321 g/mol. The molecule has 2 aromatic rings. The van der Waals surface area contributed by atoms with Crippen molar-refractivity contribution in [2.45, 2.75) is 42.4 Å². The summed E-state index contributed by atoms with van der Waals surface area (Å²) >= 11 is 1.47. The van der Waals surface area contributed by atoms with Crippen molar-refractivity contribution >= 4 is 22.8 Å². The summed E-state index contributed by atoms with van der Waals surface area (Å²) in [6.07, 6.45) is 1.95. The van der Waals surface area contributed by atoms with Gasteiger partial charge in [0, 0.05) is 6.42 Å². The summed E-state index contributed by atoms with van der Waals surface area (Å²) in [7, 11) is 0. The molecule has 8 nitrogen and oxygen atoms in total. The maximum Gasteiger partial charge on any atom is 0.181 e. The standard InChI is InChI=1S/C13H15N5O3S/c1-22-12-7-5-17-18(11(7)15-6-16-12)13-10(20)9(19)8(21-13)3-2-4-14/h5-6,8-10,13,19-20H,2-3H2,1H3. The van der Waals surface area contributed by atoms with Crippen LogP contribution >= 0.6 is 11.8 Å². The van der Waals surface area contributed by atoms with E-state index in [1.807, 2.05) is 12.3 Å². The third-order valence-electron chi connectivity index (χ3n) is 3.67. The zero-order valence-corrected chi connectivity index (χ0v) is 12.6. The highest BCUT2D eigenvalue weighted by atomic mass is 32.2. The predicted octanol–water partition coefficient (Wildman–Crippen LogP) is 0.471. The third kappa shape index (κ3) is 2.44. The van der Waals surface area contributed by atoms with E-state index in [1.165, 1.54) is 22.8 Å². The Morgan fingerprint density at radius 2 is 2.23 bits per heavy atom. The maximum atomic E-state index is 10.2. The molecule has 0 radical (unpaired) electrons. The van der Waals surface area contributed by atoms with Crippen molar-refractivity contribution in [1.82, 2.24) is 19.7 Å². The van der Waals surface area contributed by atoms with Crippen LogP contribution in [-0.4, -0.2) is 54.5 Å². The summed E-state index contributed by atoms with van der Waals surface area (Å²) in [5.74, 6) is 0. The number of thioether (sulfide) groups is 1. The average Bonchev–Trinajstić information content (AvgIpc) is 3.08. The Hall–Kier alpha value is -1.73. The SMILES string of the molecule is CSc1ncnc2c1cnn2C1OC(CCC#N)C(O)C1O. The largest absolute Gasteiger partial charge is 0.388 e. The molecule has 1 aliphatic rings. The molecule has 3 rings (SSSR count). The molecule has 0 aliphatic carbocycles. The Morgan fingerprint density at radius 3 is 2.95 bits per heavy atom. The summed E-state index contributed by atoms with van der Waals surface area (Å²) in [5.41, 5.74) is 0.538. The van der Waals surface area contributed by atoms with E-state index in [1.54, 1.807) is 6.20 Å². The van der Waals surface area contributed by atoms with E-state index >= 15 is 0 Å². The number of fused-ring (bicyclic) bond motifs is 1. The van der Waals surface area contributed by atoms with Crippen LogP contribution in [0.5, 0.6) is 0 Å². The molecule has 0 aromatic carbocycles. The Labute approximate surface area is 130 Å². The monoisotopic (exact) mass is 321 g/mol. The van der Waals surface area contributed by atoms with Gasteiger partial charge in [-0.15, -0.1) is 11.8 Å². The lowest BCUT2D eigenvalue weighted by molar-refractivity contribution is -0.0433. The Kier molecular flexibility index (Phi) is 4.26. The molecule has 0 amide bonds. The smallest absolute Gasteiger partial charge is 0.181 e. The Balaban J connectivity index is 1.93. The lowest BCUT2D eigenvalue weighted by atomic mass is 10.1. The summed E-state index contributed by atoms with van der Waals surface area (Å²) < 4.78 is 7.15. The second-order valence-electron chi connectivity index (χ2n) is 4.95. The van der Waals surface area contributed by atoms with Gasteiger partial charge in [0.05, 0.1) is 23.8 Å². The van der Waals surface area contributed by atoms with Gasteiger partial charge in [0.15, 0.2) is 11.9 Å². The van der Waals surface area contributed by atoms with E-state index < -0.39 is 24.5 Å². The molecule has 2 aromatic heterocycles. The highest BCUT2D eigenvalue weighted by Gasteiger charge is 2.44. The van der Waals surface area contributed by atoms with Gasteiger partial charge in [-0.05, 0) is 12.7 Å². The topological polar surface area (TPSA) is 117 Å². The minimum atomic E-state index is -1.13. The number of hydrogen-bond donors (Lipinski definition) is 2. The first-order valence-corrected chi connectivity index (χ1v) is 8.00. The number of hydrogen-bond acceptors (Lipinski definition) is 8. The molecule has 9 heteroatoms. The Morgan fingerprint density at radius 1 is 1.41 bits per heavy atom. The lowest BCUT2D eigenvalue weighted by Gasteiger charge is -2.15. The summed E-state index contributed by atoms with van der Waals surface area (Å²) in [4.78, 5) is 8.36. The molecule has 4 unspecified atom stereocenters. The van der Waals surface area contributed by atoms with E-state index in [4.69, 9.17) is 10.00 Å². The minimum absolute atomic E-state index is 0.250. The minimum Gasteiger partial charge on any atom is -0.388 e. The molecule has 4 atom stereocenters. The van der Waals surface area contributed by atoms with Gasteiger partial charge in [-0.25, -0.2) is 14.6 Å². The van der Waals surface area contributed by atoms with E-state index in [9.17, 15) is 10.2 Å². The van der Waals surface area contributed by atoms with Gasteiger partial charge in [-0.3, -0.25) is 0 Å². The van der Waals surface area contributed by atoms with Gasteiger partial charge >= 0.3 is 0 Å². The number of aromatic nitrogens is 4. The van der Waals surface area contributed by atoms with Crippen molar-refractivity contribution < 1.29 is 14.9 Å². The molecular formula is C13H15N5O3S. The fraction of sp³-hybridized carbons (Fsp3) is 0.538. The number of nitrogens with zero attached hydrogens (tertiary/aromatic N) is 5. The van der Waals surface area contributed by atoms with Crippen molar-refractivity contribution in [2.75, 3.05) is 6.26 Å². The second-order valence-corrected chi connectivity index (χ2v) is 5.75. The van der Waals surface area contributed by atoms with Crippen LogP contribution in [0.15, 0.2) is 17.6 Å². The van der Waals surface area contributed by atoms with Crippen molar-refractivity contribution in [3.05, 3.63) is 12.5 Å². The molecule has 0 saturated carbocycles. The van der Waals surface area contributed by atoms with E-state index in [2.05, 4.69) is 15.1 Å². The van der Waals surface area contributed by atoms with Crippen molar-refractivity contribution in [3.63, 3.8) is 0 Å². The molecular weight excluding hydrogens is 306 g/mol. The molecule has 0 spiro atoms. The first-order chi connectivity index (χ1) is 10.7. The molecule has 22 heavy (non-hydrogen) atoms. The van der Waals surface area contributed by atoms with Crippen molar-refractivity contribution in [3.8, 4) is 6.07 Å². The Bertz CT molecular complexity index is 715. The highest BCUT2D eigenvalue weighted by Crippen LogP contribution is 2.33. The first kappa shape index (κ1) is 15.2. The molecule has 1 fully saturated rings. The van der Waals surface area contributed by atoms with Crippen LogP contribution in [-0.2, 0) is 4.74 Å². The molecule has 116 valence electrons. The summed E-state index contributed by atoms with van der Waals surface area (Å²) in [5, 5.41) is 34.7. The van der Waals surface area contributed by atoms with Crippen LogP contribution in [0, 0.1) is 11.3 Å². The van der Waals surface area contributed by atoms with Crippen LogP contribution in [0.2, 0.25) is 0 Å².